The van der Waals surface area contributed by atoms with E-state index in [1.54, 1.807) is 13.2 Å². The Morgan fingerprint density at radius 2 is 2.22 bits per heavy atom. The fraction of sp³-hybridized carbons (Fsp3) is 0.200. The number of hydrogen-bond acceptors (Lipinski definition) is 3. The Kier molecular flexibility index (Phi) is 1.22. The van der Waals surface area contributed by atoms with Gasteiger partial charge in [-0.25, -0.2) is 0 Å². The molecule has 0 saturated carbocycles. The first-order valence-corrected chi connectivity index (χ1v) is 2.52. The summed E-state index contributed by atoms with van der Waals surface area (Å²) in [7, 11) is 1.54. The van der Waals surface area contributed by atoms with Crippen molar-refractivity contribution in [2.24, 2.45) is 0 Å². The topological polar surface area (TPSA) is 77.1 Å². The van der Waals surface area contributed by atoms with Crippen LogP contribution < -0.4 is 16.2 Å². The third-order valence-corrected chi connectivity index (χ3v) is 1.05. The summed E-state index contributed by atoms with van der Waals surface area (Å²) in [6, 6.07) is 1.63. The number of nitrogens with one attached hydrogen (secondary N) is 1. The van der Waals surface area contributed by atoms with Crippen molar-refractivity contribution in [1.29, 1.82) is 0 Å². The molecule has 1 aromatic rings. The SMILES string of the molecule is COc1cc(N)[nH]c1N. The van der Waals surface area contributed by atoms with E-state index in [0.717, 1.165) is 0 Å². The zero-order valence-electron chi connectivity index (χ0n) is 5.14. The summed E-state index contributed by atoms with van der Waals surface area (Å²) in [6.07, 6.45) is 0. The van der Waals surface area contributed by atoms with Crippen molar-refractivity contribution in [3.63, 3.8) is 0 Å². The smallest absolute Gasteiger partial charge is 0.162 e. The molecule has 50 valence electrons. The molecule has 0 aliphatic rings. The van der Waals surface area contributed by atoms with Crippen molar-refractivity contribution in [3.05, 3.63) is 6.07 Å². The van der Waals surface area contributed by atoms with Gasteiger partial charge in [-0.2, -0.15) is 0 Å². The van der Waals surface area contributed by atoms with Crippen molar-refractivity contribution in [1.82, 2.24) is 4.98 Å². The van der Waals surface area contributed by atoms with Crippen molar-refractivity contribution < 1.29 is 4.74 Å². The third kappa shape index (κ3) is 0.910. The van der Waals surface area contributed by atoms with Gasteiger partial charge in [0.25, 0.3) is 0 Å². The molecular formula is C5H9N3O. The number of aromatic nitrogens is 1. The van der Waals surface area contributed by atoms with Crippen molar-refractivity contribution in [2.45, 2.75) is 0 Å². The van der Waals surface area contributed by atoms with Crippen LogP contribution >= 0.6 is 0 Å². The van der Waals surface area contributed by atoms with E-state index in [-0.39, 0.29) is 0 Å². The second kappa shape index (κ2) is 1.89. The van der Waals surface area contributed by atoms with E-state index in [0.29, 0.717) is 17.4 Å². The summed E-state index contributed by atoms with van der Waals surface area (Å²) in [6.45, 7) is 0. The summed E-state index contributed by atoms with van der Waals surface area (Å²) in [5.74, 6) is 1.58. The van der Waals surface area contributed by atoms with Gasteiger partial charge in [0, 0.05) is 6.07 Å². The van der Waals surface area contributed by atoms with Gasteiger partial charge < -0.3 is 21.2 Å². The van der Waals surface area contributed by atoms with Crippen LogP contribution in [-0.4, -0.2) is 12.1 Å². The zero-order chi connectivity index (χ0) is 6.85. The quantitative estimate of drug-likeness (QED) is 0.504. The van der Waals surface area contributed by atoms with Crippen LogP contribution in [0.2, 0.25) is 0 Å². The highest BCUT2D eigenvalue weighted by atomic mass is 16.5. The van der Waals surface area contributed by atoms with Crippen molar-refractivity contribution in [2.75, 3.05) is 18.6 Å². The average molecular weight is 127 g/mol. The molecule has 9 heavy (non-hydrogen) atoms. The number of aromatic amines is 1. The van der Waals surface area contributed by atoms with Crippen LogP contribution in [0, 0.1) is 0 Å². The number of anilines is 2. The van der Waals surface area contributed by atoms with Crippen LogP contribution in [0.15, 0.2) is 6.07 Å². The lowest BCUT2D eigenvalue weighted by Gasteiger charge is -1.92. The Morgan fingerprint density at radius 1 is 1.56 bits per heavy atom. The number of rotatable bonds is 1. The number of ether oxygens (including phenoxy) is 1. The molecule has 0 bridgehead atoms. The number of hydrogen-bond donors (Lipinski definition) is 3. The highest BCUT2D eigenvalue weighted by molar-refractivity contribution is 5.55. The minimum atomic E-state index is 0.468. The van der Waals surface area contributed by atoms with Crippen LogP contribution in [0.3, 0.4) is 0 Å². The average Bonchev–Trinajstić information content (AvgIpc) is 2.10. The maximum Gasteiger partial charge on any atom is 0.162 e. The molecule has 1 rings (SSSR count). The molecule has 5 N–H and O–H groups in total. The number of nitrogens with two attached hydrogens (primary N) is 2. The minimum Gasteiger partial charge on any atom is -0.493 e. The van der Waals surface area contributed by atoms with Crippen LogP contribution in [0.4, 0.5) is 11.6 Å². The lowest BCUT2D eigenvalue weighted by atomic mass is 10.5. The van der Waals surface area contributed by atoms with Gasteiger partial charge in [0.15, 0.2) is 5.75 Å². The molecule has 0 aliphatic carbocycles. The van der Waals surface area contributed by atoms with E-state index in [4.69, 9.17) is 16.2 Å². The Balaban J connectivity index is 3.01. The highest BCUT2D eigenvalue weighted by Gasteiger charge is 1.99. The molecule has 4 nitrogen and oxygen atoms in total. The first-order chi connectivity index (χ1) is 4.24. The van der Waals surface area contributed by atoms with Gasteiger partial charge in [-0.15, -0.1) is 0 Å². The maximum absolute atomic E-state index is 5.39. The molecule has 0 fully saturated rings. The fourth-order valence-corrected chi connectivity index (χ4v) is 0.641. The monoisotopic (exact) mass is 127 g/mol. The van der Waals surface area contributed by atoms with Crippen LogP contribution in [0.1, 0.15) is 0 Å². The third-order valence-electron chi connectivity index (χ3n) is 1.05. The second-order valence-electron chi connectivity index (χ2n) is 1.71. The van der Waals surface area contributed by atoms with E-state index in [9.17, 15) is 0 Å². The maximum atomic E-state index is 5.39. The van der Waals surface area contributed by atoms with Gasteiger partial charge in [0.05, 0.1) is 7.11 Å². The van der Waals surface area contributed by atoms with Gasteiger partial charge in [0.1, 0.15) is 11.6 Å². The van der Waals surface area contributed by atoms with Crippen LogP contribution in [-0.2, 0) is 0 Å². The summed E-state index contributed by atoms with van der Waals surface area (Å²) < 4.78 is 4.83. The predicted molar refractivity (Wildman–Crippen MR) is 36.2 cm³/mol. The van der Waals surface area contributed by atoms with Crippen LogP contribution in [0.5, 0.6) is 5.75 Å². The largest absolute Gasteiger partial charge is 0.493 e. The molecule has 0 aromatic carbocycles. The molecule has 4 heteroatoms. The molecule has 0 saturated heterocycles. The Hall–Kier alpha value is -1.32. The Bertz CT molecular complexity index is 206. The Labute approximate surface area is 52.8 Å². The van der Waals surface area contributed by atoms with E-state index in [2.05, 4.69) is 4.98 Å². The standard InChI is InChI=1S/C5H9N3O/c1-9-3-2-4(6)8-5(3)7/h2,8H,6-7H2,1H3. The van der Waals surface area contributed by atoms with E-state index in [1.807, 2.05) is 0 Å². The van der Waals surface area contributed by atoms with Gasteiger partial charge in [-0.05, 0) is 0 Å². The highest BCUT2D eigenvalue weighted by Crippen LogP contribution is 2.21. The molecule has 0 unspecified atom stereocenters. The molecule has 0 spiro atoms. The molecule has 0 radical (unpaired) electrons. The molecule has 0 atom stereocenters. The van der Waals surface area contributed by atoms with Gasteiger partial charge in [-0.3, -0.25) is 0 Å². The Morgan fingerprint density at radius 3 is 2.44 bits per heavy atom. The summed E-state index contributed by atoms with van der Waals surface area (Å²) >= 11 is 0. The minimum absolute atomic E-state index is 0.468. The van der Waals surface area contributed by atoms with Crippen molar-refractivity contribution >= 4 is 11.6 Å². The number of nitrogen functional groups attached to an aromatic ring is 2. The van der Waals surface area contributed by atoms with E-state index in [1.165, 1.54) is 0 Å². The summed E-state index contributed by atoms with van der Waals surface area (Å²) in [4.78, 5) is 2.69. The van der Waals surface area contributed by atoms with Gasteiger partial charge in [0.2, 0.25) is 0 Å². The number of H-pyrrole nitrogens is 1. The van der Waals surface area contributed by atoms with E-state index < -0.39 is 0 Å². The first kappa shape index (κ1) is 5.81. The van der Waals surface area contributed by atoms with E-state index >= 15 is 0 Å². The molecule has 1 aromatic heterocycles. The summed E-state index contributed by atoms with van der Waals surface area (Å²) in [5, 5.41) is 0. The molecule has 0 aliphatic heterocycles. The molecule has 1 heterocycles. The predicted octanol–water partition coefficient (Wildman–Crippen LogP) is 0.188. The second-order valence-corrected chi connectivity index (χ2v) is 1.71. The fourth-order valence-electron chi connectivity index (χ4n) is 0.641. The lowest BCUT2D eigenvalue weighted by Crippen LogP contribution is -1.89. The summed E-state index contributed by atoms with van der Waals surface area (Å²) in [5.41, 5.74) is 10.7. The van der Waals surface area contributed by atoms with Crippen LogP contribution in [0.25, 0.3) is 0 Å². The van der Waals surface area contributed by atoms with Gasteiger partial charge in [-0.1, -0.05) is 0 Å². The molecular weight excluding hydrogens is 118 g/mol. The molecule has 0 amide bonds. The number of methoxy groups -OCH3 is 1. The first-order valence-electron chi connectivity index (χ1n) is 2.52. The van der Waals surface area contributed by atoms with Crippen molar-refractivity contribution in [3.8, 4) is 5.75 Å². The van der Waals surface area contributed by atoms with Gasteiger partial charge >= 0.3 is 0 Å². The normalized spacial score (nSPS) is 9.44. The zero-order valence-corrected chi connectivity index (χ0v) is 5.14. The lowest BCUT2D eigenvalue weighted by molar-refractivity contribution is 0.418.